The molecule has 2 aliphatic heterocycles. The maximum Gasteiger partial charge on any atom is 0.128 e. The molecule has 1 atom stereocenters. The van der Waals surface area contributed by atoms with Gasteiger partial charge in [-0.05, 0) is 44.4 Å². The van der Waals surface area contributed by atoms with Crippen LogP contribution in [0.15, 0.2) is 12.1 Å². The second kappa shape index (κ2) is 5.47. The predicted molar refractivity (Wildman–Crippen MR) is 78.3 cm³/mol. The SMILES string of the molecule is Cc1nc(N2CCCN3CCCC3C2)ccc1CN. The van der Waals surface area contributed by atoms with Crippen molar-refractivity contribution < 1.29 is 0 Å². The zero-order valence-electron chi connectivity index (χ0n) is 11.8. The van der Waals surface area contributed by atoms with E-state index in [1.165, 1.54) is 32.4 Å². The van der Waals surface area contributed by atoms with E-state index >= 15 is 0 Å². The monoisotopic (exact) mass is 260 g/mol. The van der Waals surface area contributed by atoms with Crippen molar-refractivity contribution >= 4 is 5.82 Å². The number of nitrogens with zero attached hydrogens (tertiary/aromatic N) is 3. The molecule has 0 aliphatic carbocycles. The number of hydrogen-bond acceptors (Lipinski definition) is 4. The normalized spacial score (nSPS) is 24.3. The summed E-state index contributed by atoms with van der Waals surface area (Å²) in [6.07, 6.45) is 3.95. The highest BCUT2D eigenvalue weighted by atomic mass is 15.3. The molecule has 3 rings (SSSR count). The summed E-state index contributed by atoms with van der Waals surface area (Å²) in [6.45, 7) is 7.44. The van der Waals surface area contributed by atoms with Crippen LogP contribution >= 0.6 is 0 Å². The van der Waals surface area contributed by atoms with Crippen LogP contribution in [0.3, 0.4) is 0 Å². The Kier molecular flexibility index (Phi) is 3.71. The third-order valence-electron chi connectivity index (χ3n) is 4.53. The van der Waals surface area contributed by atoms with Gasteiger partial charge in [-0.3, -0.25) is 4.90 Å². The number of aryl methyl sites for hydroxylation is 1. The van der Waals surface area contributed by atoms with Crippen LogP contribution in [0.5, 0.6) is 0 Å². The van der Waals surface area contributed by atoms with E-state index in [9.17, 15) is 0 Å². The fourth-order valence-electron chi connectivity index (χ4n) is 3.38. The van der Waals surface area contributed by atoms with Crippen LogP contribution in [-0.2, 0) is 6.54 Å². The lowest BCUT2D eigenvalue weighted by atomic mass is 10.2. The molecule has 0 bridgehead atoms. The van der Waals surface area contributed by atoms with Crippen molar-refractivity contribution in [3.8, 4) is 0 Å². The molecular weight excluding hydrogens is 236 g/mol. The van der Waals surface area contributed by atoms with E-state index in [1.54, 1.807) is 0 Å². The van der Waals surface area contributed by atoms with Crippen LogP contribution in [0.4, 0.5) is 5.82 Å². The lowest BCUT2D eigenvalue weighted by molar-refractivity contribution is 0.273. The minimum Gasteiger partial charge on any atom is -0.355 e. The molecule has 0 aromatic carbocycles. The van der Waals surface area contributed by atoms with E-state index in [2.05, 4.69) is 28.9 Å². The summed E-state index contributed by atoms with van der Waals surface area (Å²) in [5.74, 6) is 1.13. The van der Waals surface area contributed by atoms with Gasteiger partial charge in [-0.1, -0.05) is 6.07 Å². The smallest absolute Gasteiger partial charge is 0.128 e. The predicted octanol–water partition coefficient (Wildman–Crippen LogP) is 1.52. The van der Waals surface area contributed by atoms with E-state index in [0.717, 1.165) is 36.2 Å². The summed E-state index contributed by atoms with van der Waals surface area (Å²) in [6, 6.07) is 5.01. The zero-order chi connectivity index (χ0) is 13.2. The molecule has 1 aromatic heterocycles. The minimum absolute atomic E-state index is 0.579. The molecule has 104 valence electrons. The van der Waals surface area contributed by atoms with Crippen LogP contribution in [0.2, 0.25) is 0 Å². The van der Waals surface area contributed by atoms with Gasteiger partial charge in [0.15, 0.2) is 0 Å². The third kappa shape index (κ3) is 2.60. The van der Waals surface area contributed by atoms with E-state index < -0.39 is 0 Å². The van der Waals surface area contributed by atoms with Gasteiger partial charge in [0, 0.05) is 37.9 Å². The highest BCUT2D eigenvalue weighted by molar-refractivity contribution is 5.42. The van der Waals surface area contributed by atoms with Gasteiger partial charge >= 0.3 is 0 Å². The Morgan fingerprint density at radius 3 is 2.89 bits per heavy atom. The molecule has 2 N–H and O–H groups in total. The molecule has 2 saturated heterocycles. The van der Waals surface area contributed by atoms with E-state index in [-0.39, 0.29) is 0 Å². The maximum atomic E-state index is 5.71. The Balaban J connectivity index is 1.79. The Morgan fingerprint density at radius 1 is 1.26 bits per heavy atom. The number of hydrogen-bond donors (Lipinski definition) is 1. The molecule has 0 saturated carbocycles. The van der Waals surface area contributed by atoms with Crippen molar-refractivity contribution in [3.05, 3.63) is 23.4 Å². The van der Waals surface area contributed by atoms with Crippen molar-refractivity contribution in [3.63, 3.8) is 0 Å². The van der Waals surface area contributed by atoms with Gasteiger partial charge in [0.2, 0.25) is 0 Å². The van der Waals surface area contributed by atoms with Crippen molar-refractivity contribution in [2.45, 2.75) is 38.8 Å². The first-order valence-electron chi connectivity index (χ1n) is 7.43. The lowest BCUT2D eigenvalue weighted by Crippen LogP contribution is -2.37. The van der Waals surface area contributed by atoms with Gasteiger partial charge < -0.3 is 10.6 Å². The van der Waals surface area contributed by atoms with E-state index in [1.807, 2.05) is 0 Å². The second-order valence-corrected chi connectivity index (χ2v) is 5.75. The van der Waals surface area contributed by atoms with Gasteiger partial charge in [-0.2, -0.15) is 0 Å². The third-order valence-corrected chi connectivity index (χ3v) is 4.53. The molecular formula is C15H24N4. The molecule has 3 heterocycles. The Labute approximate surface area is 115 Å². The fourth-order valence-corrected chi connectivity index (χ4v) is 3.38. The highest BCUT2D eigenvalue weighted by Crippen LogP contribution is 2.24. The highest BCUT2D eigenvalue weighted by Gasteiger charge is 2.29. The molecule has 2 aliphatic rings. The van der Waals surface area contributed by atoms with E-state index in [4.69, 9.17) is 10.7 Å². The first-order valence-corrected chi connectivity index (χ1v) is 7.43. The summed E-state index contributed by atoms with van der Waals surface area (Å²) in [5.41, 5.74) is 7.94. The molecule has 4 heteroatoms. The lowest BCUT2D eigenvalue weighted by Gasteiger charge is -2.26. The molecule has 0 spiro atoms. The largest absolute Gasteiger partial charge is 0.355 e. The number of pyridine rings is 1. The molecule has 19 heavy (non-hydrogen) atoms. The van der Waals surface area contributed by atoms with Crippen LogP contribution in [-0.4, -0.2) is 42.1 Å². The molecule has 1 unspecified atom stereocenters. The number of fused-ring (bicyclic) bond motifs is 1. The van der Waals surface area contributed by atoms with Crippen LogP contribution < -0.4 is 10.6 Å². The molecule has 4 nitrogen and oxygen atoms in total. The summed E-state index contributed by atoms with van der Waals surface area (Å²) in [7, 11) is 0. The average Bonchev–Trinajstić information content (AvgIpc) is 2.76. The van der Waals surface area contributed by atoms with Crippen molar-refractivity contribution in [1.82, 2.24) is 9.88 Å². The Hall–Kier alpha value is -1.13. The van der Waals surface area contributed by atoms with Gasteiger partial charge in [0.1, 0.15) is 5.82 Å². The molecule has 0 amide bonds. The Bertz CT molecular complexity index is 446. The second-order valence-electron chi connectivity index (χ2n) is 5.75. The summed E-state index contributed by atoms with van der Waals surface area (Å²) in [5, 5.41) is 0. The molecule has 2 fully saturated rings. The summed E-state index contributed by atoms with van der Waals surface area (Å²) in [4.78, 5) is 9.87. The average molecular weight is 260 g/mol. The minimum atomic E-state index is 0.579. The topological polar surface area (TPSA) is 45.4 Å². The van der Waals surface area contributed by atoms with Gasteiger partial charge in [-0.25, -0.2) is 4.98 Å². The van der Waals surface area contributed by atoms with Gasteiger partial charge in [-0.15, -0.1) is 0 Å². The maximum absolute atomic E-state index is 5.71. The molecule has 1 aromatic rings. The Morgan fingerprint density at radius 2 is 2.11 bits per heavy atom. The first-order chi connectivity index (χ1) is 9.28. The standard InChI is InChI=1S/C15H24N4/c1-12-13(10-16)5-6-15(17-12)19-9-3-8-18-7-2-4-14(18)11-19/h5-6,14H,2-4,7-11,16H2,1H3. The first kappa shape index (κ1) is 12.9. The fraction of sp³-hybridized carbons (Fsp3) is 0.667. The van der Waals surface area contributed by atoms with Crippen molar-refractivity contribution in [2.75, 3.05) is 31.1 Å². The summed E-state index contributed by atoms with van der Waals surface area (Å²) < 4.78 is 0. The van der Waals surface area contributed by atoms with Gasteiger partial charge in [0.05, 0.1) is 0 Å². The van der Waals surface area contributed by atoms with Crippen LogP contribution in [0.25, 0.3) is 0 Å². The number of aromatic nitrogens is 1. The van der Waals surface area contributed by atoms with Crippen LogP contribution in [0.1, 0.15) is 30.5 Å². The van der Waals surface area contributed by atoms with Crippen LogP contribution in [0, 0.1) is 6.92 Å². The summed E-state index contributed by atoms with van der Waals surface area (Å²) >= 11 is 0. The van der Waals surface area contributed by atoms with Crippen molar-refractivity contribution in [2.24, 2.45) is 5.73 Å². The van der Waals surface area contributed by atoms with Gasteiger partial charge in [0.25, 0.3) is 0 Å². The quantitative estimate of drug-likeness (QED) is 0.876. The van der Waals surface area contributed by atoms with Crippen molar-refractivity contribution in [1.29, 1.82) is 0 Å². The number of nitrogens with two attached hydrogens (primary N) is 1. The zero-order valence-corrected chi connectivity index (χ0v) is 11.8. The van der Waals surface area contributed by atoms with E-state index in [0.29, 0.717) is 6.54 Å². The number of anilines is 1. The number of rotatable bonds is 2. The molecule has 0 radical (unpaired) electrons.